The second kappa shape index (κ2) is 11.3. The van der Waals surface area contributed by atoms with Gasteiger partial charge in [-0.1, -0.05) is 31.0 Å². The Morgan fingerprint density at radius 3 is 2.42 bits per heavy atom. The fourth-order valence-electron chi connectivity index (χ4n) is 7.03. The summed E-state index contributed by atoms with van der Waals surface area (Å²) in [6, 6.07) is 15.6. The summed E-state index contributed by atoms with van der Waals surface area (Å²) >= 11 is 5.93. The molecule has 2 aromatic carbocycles. The maximum atomic E-state index is 15.2. The first kappa shape index (κ1) is 27.9. The molecule has 1 spiro atoms. The van der Waals surface area contributed by atoms with Gasteiger partial charge in [-0.05, 0) is 85.5 Å². The van der Waals surface area contributed by atoms with E-state index in [0.717, 1.165) is 74.6 Å². The standard InChI is InChI=1S/C34H33ClF2N6/c1-21-34(12-2-3-13-34)27-16-25(17-28(36)32(27)40-21)31-29(37)20-39-33(42-31)41-30-9-6-24(19-38-30)23-10-14-43(15-11-23)26-7-4-22(18-35)5-8-26/h4-9,16-17,19-20,23H,2-3,10-15,18H2,1H3,(H,38,39,41,42). The molecule has 2 aromatic heterocycles. The van der Waals surface area contributed by atoms with Crippen molar-refractivity contribution < 1.29 is 8.78 Å². The molecule has 9 heteroatoms. The van der Waals surface area contributed by atoms with E-state index in [0.29, 0.717) is 28.9 Å². The summed E-state index contributed by atoms with van der Waals surface area (Å²) < 4.78 is 30.3. The van der Waals surface area contributed by atoms with Crippen molar-refractivity contribution in [3.8, 4) is 11.3 Å². The maximum absolute atomic E-state index is 15.2. The number of halogens is 3. The molecule has 1 saturated carbocycles. The van der Waals surface area contributed by atoms with E-state index in [1.54, 1.807) is 0 Å². The highest BCUT2D eigenvalue weighted by molar-refractivity contribution is 6.17. The van der Waals surface area contributed by atoms with Crippen molar-refractivity contribution >= 4 is 40.5 Å². The van der Waals surface area contributed by atoms with Crippen LogP contribution < -0.4 is 10.2 Å². The van der Waals surface area contributed by atoms with E-state index in [4.69, 9.17) is 11.6 Å². The topological polar surface area (TPSA) is 66.3 Å². The average Bonchev–Trinajstić information content (AvgIpc) is 3.65. The van der Waals surface area contributed by atoms with Crippen LogP contribution in [-0.4, -0.2) is 33.8 Å². The number of pyridine rings is 1. The van der Waals surface area contributed by atoms with Crippen LogP contribution in [0, 0.1) is 11.6 Å². The summed E-state index contributed by atoms with van der Waals surface area (Å²) in [5, 5.41) is 3.10. The minimum absolute atomic E-state index is 0.0533. The molecule has 2 fully saturated rings. The van der Waals surface area contributed by atoms with Crippen molar-refractivity contribution in [1.29, 1.82) is 0 Å². The molecule has 0 radical (unpaired) electrons. The number of rotatable bonds is 6. The lowest BCUT2D eigenvalue weighted by molar-refractivity contribution is 0.504. The fraction of sp³-hybridized carbons (Fsp3) is 0.353. The van der Waals surface area contributed by atoms with Crippen molar-refractivity contribution in [2.75, 3.05) is 23.3 Å². The number of nitrogens with one attached hydrogen (secondary N) is 1. The van der Waals surface area contributed by atoms with Gasteiger partial charge in [0.25, 0.3) is 0 Å². The van der Waals surface area contributed by atoms with Crippen LogP contribution in [0.15, 0.2) is 65.9 Å². The third-order valence-corrected chi connectivity index (χ3v) is 9.78. The van der Waals surface area contributed by atoms with Gasteiger partial charge in [0.15, 0.2) is 5.82 Å². The molecule has 4 aromatic rings. The second-order valence-electron chi connectivity index (χ2n) is 11.9. The number of fused-ring (bicyclic) bond motifs is 2. The van der Waals surface area contributed by atoms with Gasteiger partial charge in [-0.3, -0.25) is 4.99 Å². The molecule has 4 heterocycles. The number of aliphatic imine (C=N–C) groups is 1. The number of benzene rings is 2. The molecule has 0 amide bonds. The Bertz CT molecular complexity index is 1670. The Morgan fingerprint density at radius 2 is 1.72 bits per heavy atom. The smallest absolute Gasteiger partial charge is 0.229 e. The van der Waals surface area contributed by atoms with E-state index in [9.17, 15) is 0 Å². The Balaban J connectivity index is 1.05. The molecule has 6 nitrogen and oxygen atoms in total. The monoisotopic (exact) mass is 598 g/mol. The van der Waals surface area contributed by atoms with Gasteiger partial charge in [-0.15, -0.1) is 11.6 Å². The van der Waals surface area contributed by atoms with Crippen LogP contribution in [0.3, 0.4) is 0 Å². The van der Waals surface area contributed by atoms with Crippen molar-refractivity contribution in [3.05, 3.63) is 89.2 Å². The van der Waals surface area contributed by atoms with Gasteiger partial charge in [0, 0.05) is 47.5 Å². The molecule has 1 aliphatic carbocycles. The predicted molar refractivity (Wildman–Crippen MR) is 168 cm³/mol. The molecule has 1 N–H and O–H groups in total. The first-order valence-corrected chi connectivity index (χ1v) is 15.5. The zero-order valence-corrected chi connectivity index (χ0v) is 24.8. The number of hydrogen-bond donors (Lipinski definition) is 1. The lowest BCUT2D eigenvalue weighted by atomic mass is 9.76. The molecule has 0 bridgehead atoms. The molecular formula is C34H33ClF2N6. The second-order valence-corrected chi connectivity index (χ2v) is 12.2. The lowest BCUT2D eigenvalue weighted by Gasteiger charge is -2.33. The van der Waals surface area contributed by atoms with Gasteiger partial charge in [-0.2, -0.15) is 0 Å². The third kappa shape index (κ3) is 5.16. The number of alkyl halides is 1. The van der Waals surface area contributed by atoms with Crippen molar-refractivity contribution in [2.45, 2.75) is 62.7 Å². The predicted octanol–water partition coefficient (Wildman–Crippen LogP) is 8.60. The number of aromatic nitrogens is 3. The Morgan fingerprint density at radius 1 is 0.953 bits per heavy atom. The van der Waals surface area contributed by atoms with Crippen LogP contribution in [0.2, 0.25) is 0 Å². The molecule has 220 valence electrons. The highest BCUT2D eigenvalue weighted by atomic mass is 35.5. The first-order valence-electron chi connectivity index (χ1n) is 15.0. The van der Waals surface area contributed by atoms with E-state index >= 15 is 8.78 Å². The van der Waals surface area contributed by atoms with Crippen molar-refractivity contribution in [3.63, 3.8) is 0 Å². The van der Waals surface area contributed by atoms with Gasteiger partial charge >= 0.3 is 0 Å². The average molecular weight is 599 g/mol. The van der Waals surface area contributed by atoms with Gasteiger partial charge in [-0.25, -0.2) is 23.7 Å². The molecule has 2 aliphatic heterocycles. The number of piperidine rings is 1. The van der Waals surface area contributed by atoms with Gasteiger partial charge in [0.1, 0.15) is 23.0 Å². The van der Waals surface area contributed by atoms with Crippen LogP contribution in [-0.2, 0) is 11.3 Å². The molecule has 3 aliphatic rings. The third-order valence-electron chi connectivity index (χ3n) is 9.47. The van der Waals surface area contributed by atoms with Crippen LogP contribution in [0.4, 0.5) is 31.9 Å². The molecule has 0 atom stereocenters. The zero-order valence-electron chi connectivity index (χ0n) is 24.1. The summed E-state index contributed by atoms with van der Waals surface area (Å²) in [7, 11) is 0. The van der Waals surface area contributed by atoms with E-state index in [1.807, 2.05) is 25.3 Å². The molecule has 7 rings (SSSR count). The summed E-state index contributed by atoms with van der Waals surface area (Å²) in [4.78, 5) is 20.2. The van der Waals surface area contributed by atoms with Crippen LogP contribution in [0.1, 0.15) is 68.1 Å². The summed E-state index contributed by atoms with van der Waals surface area (Å²) in [5.74, 6) is 0.667. The molecule has 1 saturated heterocycles. The number of anilines is 3. The summed E-state index contributed by atoms with van der Waals surface area (Å²) in [6.45, 7) is 3.93. The highest BCUT2D eigenvalue weighted by Gasteiger charge is 2.44. The number of hydrogen-bond acceptors (Lipinski definition) is 6. The quantitative estimate of drug-likeness (QED) is 0.225. The fourth-order valence-corrected chi connectivity index (χ4v) is 7.20. The summed E-state index contributed by atoms with van der Waals surface area (Å²) in [6.07, 6.45) is 9.10. The van der Waals surface area contributed by atoms with Crippen LogP contribution in [0.5, 0.6) is 0 Å². The SMILES string of the molecule is CC1=Nc2c(F)cc(-c3nc(Nc4ccc(C5CCN(c6ccc(CCl)cc6)CC5)cn4)ncc3F)cc2C12CCCC2. The lowest BCUT2D eigenvalue weighted by Crippen LogP contribution is -2.32. The maximum Gasteiger partial charge on any atom is 0.229 e. The van der Waals surface area contributed by atoms with Gasteiger partial charge < -0.3 is 10.2 Å². The van der Waals surface area contributed by atoms with E-state index in [1.165, 1.54) is 17.3 Å². The van der Waals surface area contributed by atoms with E-state index in [2.05, 4.69) is 60.5 Å². The highest BCUT2D eigenvalue weighted by Crippen LogP contribution is 2.52. The van der Waals surface area contributed by atoms with Crippen LogP contribution in [0.25, 0.3) is 11.3 Å². The molecule has 43 heavy (non-hydrogen) atoms. The Kier molecular flexibility index (Phi) is 7.33. The minimum atomic E-state index is -0.606. The Labute approximate surface area is 255 Å². The van der Waals surface area contributed by atoms with Crippen molar-refractivity contribution in [1.82, 2.24) is 15.0 Å². The number of nitrogens with zero attached hydrogens (tertiary/aromatic N) is 5. The normalized spacial score (nSPS) is 17.8. The van der Waals surface area contributed by atoms with Crippen molar-refractivity contribution in [2.24, 2.45) is 4.99 Å². The summed E-state index contributed by atoms with van der Waals surface area (Å²) in [5.41, 5.74) is 5.90. The zero-order chi connectivity index (χ0) is 29.6. The van der Waals surface area contributed by atoms with Crippen LogP contribution >= 0.6 is 11.6 Å². The molecule has 0 unspecified atom stereocenters. The van der Waals surface area contributed by atoms with Gasteiger partial charge in [0.2, 0.25) is 5.95 Å². The largest absolute Gasteiger partial charge is 0.371 e. The van der Waals surface area contributed by atoms with E-state index < -0.39 is 11.6 Å². The Hall–Kier alpha value is -3.91. The molecular weight excluding hydrogens is 566 g/mol. The first-order chi connectivity index (χ1) is 20.9. The minimum Gasteiger partial charge on any atom is -0.371 e. The van der Waals surface area contributed by atoms with Gasteiger partial charge in [0.05, 0.1) is 6.20 Å². The van der Waals surface area contributed by atoms with E-state index in [-0.39, 0.29) is 17.1 Å².